The van der Waals surface area contributed by atoms with Crippen molar-refractivity contribution in [1.82, 2.24) is 0 Å². The van der Waals surface area contributed by atoms with Crippen LogP contribution < -0.4 is 10.6 Å². The van der Waals surface area contributed by atoms with Gasteiger partial charge in [-0.1, -0.05) is 32.0 Å². The highest BCUT2D eigenvalue weighted by Crippen LogP contribution is 2.28. The van der Waals surface area contributed by atoms with E-state index in [1.165, 1.54) is 11.3 Å². The molecular formula is C16H28N2O. The number of anilines is 1. The Labute approximate surface area is 117 Å². The van der Waals surface area contributed by atoms with Crippen LogP contribution in [0.15, 0.2) is 24.3 Å². The predicted octanol–water partition coefficient (Wildman–Crippen LogP) is 3.35. The molecule has 0 aromatic heterocycles. The summed E-state index contributed by atoms with van der Waals surface area (Å²) in [7, 11) is 1.75. The molecule has 0 radical (unpaired) electrons. The van der Waals surface area contributed by atoms with Gasteiger partial charge in [-0.05, 0) is 31.4 Å². The van der Waals surface area contributed by atoms with Gasteiger partial charge in [-0.3, -0.25) is 0 Å². The lowest BCUT2D eigenvalue weighted by molar-refractivity contribution is 0.202. The number of para-hydroxylation sites is 1. The van der Waals surface area contributed by atoms with Crippen LogP contribution in [0.1, 0.15) is 45.2 Å². The van der Waals surface area contributed by atoms with Crippen LogP contribution in [0.25, 0.3) is 0 Å². The van der Waals surface area contributed by atoms with Gasteiger partial charge in [0.15, 0.2) is 0 Å². The molecule has 108 valence electrons. The van der Waals surface area contributed by atoms with Gasteiger partial charge >= 0.3 is 0 Å². The van der Waals surface area contributed by atoms with Crippen molar-refractivity contribution in [3.05, 3.63) is 29.8 Å². The largest absolute Gasteiger partial charge is 0.383 e. The van der Waals surface area contributed by atoms with Gasteiger partial charge in [-0.15, -0.1) is 0 Å². The highest BCUT2D eigenvalue weighted by atomic mass is 16.5. The molecule has 0 aliphatic rings. The molecule has 3 heteroatoms. The first-order valence-electron chi connectivity index (χ1n) is 7.25. The fourth-order valence-corrected chi connectivity index (χ4v) is 2.55. The second kappa shape index (κ2) is 8.18. The molecule has 0 aliphatic carbocycles. The number of hydrogen-bond donors (Lipinski definition) is 1. The quantitative estimate of drug-likeness (QED) is 0.782. The predicted molar refractivity (Wildman–Crippen MR) is 82.6 cm³/mol. The van der Waals surface area contributed by atoms with Crippen molar-refractivity contribution in [2.45, 2.75) is 45.7 Å². The summed E-state index contributed by atoms with van der Waals surface area (Å²) in [6.07, 6.45) is 2.26. The van der Waals surface area contributed by atoms with Crippen molar-refractivity contribution in [3.8, 4) is 0 Å². The summed E-state index contributed by atoms with van der Waals surface area (Å²) in [6, 6.07) is 9.03. The van der Waals surface area contributed by atoms with E-state index < -0.39 is 0 Å². The fourth-order valence-electron chi connectivity index (χ4n) is 2.55. The molecule has 0 saturated carbocycles. The lowest BCUT2D eigenvalue weighted by Gasteiger charge is -2.34. The zero-order chi connectivity index (χ0) is 14.3. The van der Waals surface area contributed by atoms with Gasteiger partial charge in [0, 0.05) is 31.4 Å². The van der Waals surface area contributed by atoms with Crippen molar-refractivity contribution in [2.75, 3.05) is 25.2 Å². The zero-order valence-corrected chi connectivity index (χ0v) is 12.7. The van der Waals surface area contributed by atoms with Crippen molar-refractivity contribution < 1.29 is 4.74 Å². The molecule has 0 heterocycles. The number of nitrogens with two attached hydrogens (primary N) is 1. The number of nitrogens with zero attached hydrogens (tertiary/aromatic N) is 1. The van der Waals surface area contributed by atoms with E-state index in [4.69, 9.17) is 10.5 Å². The summed E-state index contributed by atoms with van der Waals surface area (Å²) in [5.41, 5.74) is 8.57. The second-order valence-electron chi connectivity index (χ2n) is 5.00. The second-order valence-corrected chi connectivity index (χ2v) is 5.00. The maximum absolute atomic E-state index is 6.11. The van der Waals surface area contributed by atoms with Gasteiger partial charge in [0.05, 0.1) is 6.61 Å². The van der Waals surface area contributed by atoms with Crippen LogP contribution >= 0.6 is 0 Å². The molecule has 3 nitrogen and oxygen atoms in total. The minimum absolute atomic E-state index is 0.0515. The summed E-state index contributed by atoms with van der Waals surface area (Å²) in [5, 5.41) is 0. The molecule has 1 aromatic carbocycles. The molecule has 1 unspecified atom stereocenters. The monoisotopic (exact) mass is 264 g/mol. The topological polar surface area (TPSA) is 38.5 Å². The third kappa shape index (κ3) is 4.22. The van der Waals surface area contributed by atoms with Crippen LogP contribution in [-0.4, -0.2) is 26.3 Å². The van der Waals surface area contributed by atoms with Crippen molar-refractivity contribution in [2.24, 2.45) is 5.73 Å². The van der Waals surface area contributed by atoms with Gasteiger partial charge in [0.2, 0.25) is 0 Å². The Balaban J connectivity index is 3.08. The van der Waals surface area contributed by atoms with Crippen molar-refractivity contribution in [1.29, 1.82) is 0 Å². The lowest BCUT2D eigenvalue weighted by atomic mass is 10.0. The number of hydrogen-bond acceptors (Lipinski definition) is 3. The van der Waals surface area contributed by atoms with E-state index in [-0.39, 0.29) is 6.04 Å². The van der Waals surface area contributed by atoms with Crippen LogP contribution in [0.5, 0.6) is 0 Å². The van der Waals surface area contributed by atoms with Gasteiger partial charge in [0.1, 0.15) is 0 Å². The Hall–Kier alpha value is -1.06. The zero-order valence-electron chi connectivity index (χ0n) is 12.7. The van der Waals surface area contributed by atoms with E-state index in [1.807, 2.05) is 6.92 Å². The van der Waals surface area contributed by atoms with Gasteiger partial charge in [-0.2, -0.15) is 0 Å². The van der Waals surface area contributed by atoms with E-state index in [2.05, 4.69) is 43.0 Å². The van der Waals surface area contributed by atoms with Crippen molar-refractivity contribution >= 4 is 5.69 Å². The maximum Gasteiger partial charge on any atom is 0.0637 e. The highest BCUT2D eigenvalue weighted by molar-refractivity contribution is 5.55. The third-order valence-corrected chi connectivity index (χ3v) is 3.66. The van der Waals surface area contributed by atoms with Crippen molar-refractivity contribution in [3.63, 3.8) is 0 Å². The minimum atomic E-state index is 0.0515. The highest BCUT2D eigenvalue weighted by Gasteiger charge is 2.19. The first-order chi connectivity index (χ1) is 9.15. The summed E-state index contributed by atoms with van der Waals surface area (Å²) in [6.45, 7) is 8.17. The van der Waals surface area contributed by atoms with Crippen LogP contribution in [-0.2, 0) is 4.74 Å². The average molecular weight is 264 g/mol. The molecule has 2 N–H and O–H groups in total. The van der Waals surface area contributed by atoms with E-state index >= 15 is 0 Å². The smallest absolute Gasteiger partial charge is 0.0637 e. The normalized spacial score (nSPS) is 12.7. The van der Waals surface area contributed by atoms with Gasteiger partial charge < -0.3 is 15.4 Å². The van der Waals surface area contributed by atoms with E-state index in [1.54, 1.807) is 7.11 Å². The van der Waals surface area contributed by atoms with Gasteiger partial charge in [0.25, 0.3) is 0 Å². The Bertz CT molecular complexity index is 362. The minimum Gasteiger partial charge on any atom is -0.383 e. The Morgan fingerprint density at radius 3 is 2.37 bits per heavy atom. The van der Waals surface area contributed by atoms with E-state index in [0.717, 1.165) is 26.0 Å². The molecule has 0 spiro atoms. The molecule has 0 saturated heterocycles. The summed E-state index contributed by atoms with van der Waals surface area (Å²) < 4.78 is 5.26. The standard InChI is InChI=1S/C16H28N2O/c1-5-14(6-2)18(11-12-19-4)16-10-8-7-9-15(16)13(3)17/h7-10,13-14H,5-6,11-12,17H2,1-4H3. The maximum atomic E-state index is 6.11. The average Bonchev–Trinajstić information content (AvgIpc) is 2.43. The SMILES string of the molecule is CCC(CC)N(CCOC)c1ccccc1C(C)N. The first-order valence-corrected chi connectivity index (χ1v) is 7.25. The van der Waals surface area contributed by atoms with Gasteiger partial charge in [-0.25, -0.2) is 0 Å². The molecule has 19 heavy (non-hydrogen) atoms. The molecule has 0 bridgehead atoms. The number of methoxy groups -OCH3 is 1. The van der Waals surface area contributed by atoms with Crippen LogP contribution in [0.2, 0.25) is 0 Å². The summed E-state index contributed by atoms with van der Waals surface area (Å²) in [4.78, 5) is 2.45. The van der Waals surface area contributed by atoms with E-state index in [9.17, 15) is 0 Å². The molecular weight excluding hydrogens is 236 g/mol. The molecule has 0 fully saturated rings. The molecule has 1 atom stereocenters. The third-order valence-electron chi connectivity index (χ3n) is 3.66. The summed E-state index contributed by atoms with van der Waals surface area (Å²) >= 11 is 0. The van der Waals surface area contributed by atoms with E-state index in [0.29, 0.717) is 6.04 Å². The molecule has 0 amide bonds. The number of ether oxygens (including phenoxy) is 1. The molecule has 0 aliphatic heterocycles. The fraction of sp³-hybridized carbons (Fsp3) is 0.625. The lowest BCUT2D eigenvalue weighted by Crippen LogP contribution is -2.38. The van der Waals surface area contributed by atoms with Crippen LogP contribution in [0.3, 0.4) is 0 Å². The number of rotatable bonds is 8. The summed E-state index contributed by atoms with van der Waals surface area (Å²) in [5.74, 6) is 0. The Morgan fingerprint density at radius 2 is 1.84 bits per heavy atom. The Morgan fingerprint density at radius 1 is 1.21 bits per heavy atom. The first kappa shape index (κ1) is 16.0. The Kier molecular flexibility index (Phi) is 6.89. The molecule has 1 rings (SSSR count). The molecule has 1 aromatic rings. The van der Waals surface area contributed by atoms with Crippen LogP contribution in [0, 0.1) is 0 Å². The number of benzene rings is 1. The van der Waals surface area contributed by atoms with Crippen LogP contribution in [0.4, 0.5) is 5.69 Å².